The van der Waals surface area contributed by atoms with E-state index in [2.05, 4.69) is 15.4 Å². The molecule has 3 aromatic heterocycles. The minimum absolute atomic E-state index is 0.167. The van der Waals surface area contributed by atoms with Gasteiger partial charge in [0, 0.05) is 0 Å². The van der Waals surface area contributed by atoms with E-state index in [1.807, 2.05) is 36.6 Å². The monoisotopic (exact) mass is 338 g/mol. The van der Waals surface area contributed by atoms with Crippen LogP contribution < -0.4 is 5.32 Å². The van der Waals surface area contributed by atoms with E-state index < -0.39 is 10.0 Å². The third-order valence-electron chi connectivity index (χ3n) is 2.85. The summed E-state index contributed by atoms with van der Waals surface area (Å²) >= 11 is 1.45. The quantitative estimate of drug-likeness (QED) is 0.768. The maximum Gasteiger partial charge on any atom is 0.254 e. The molecule has 0 saturated carbocycles. The number of rotatable bonds is 5. The number of nitrogens with one attached hydrogen (secondary N) is 1. The van der Waals surface area contributed by atoms with Crippen LogP contribution in [0.1, 0.15) is 11.5 Å². The van der Waals surface area contributed by atoms with E-state index in [9.17, 15) is 8.42 Å². The molecule has 3 rings (SSSR count). The van der Waals surface area contributed by atoms with E-state index >= 15 is 0 Å². The Kier molecular flexibility index (Phi) is 3.75. The highest BCUT2D eigenvalue weighted by molar-refractivity contribution is 7.89. The van der Waals surface area contributed by atoms with Gasteiger partial charge in [0.2, 0.25) is 5.95 Å². The van der Waals surface area contributed by atoms with Gasteiger partial charge in [-0.1, -0.05) is 6.07 Å². The van der Waals surface area contributed by atoms with E-state index in [-0.39, 0.29) is 5.95 Å². The van der Waals surface area contributed by atoms with Crippen molar-refractivity contribution < 1.29 is 12.8 Å². The molecule has 22 heavy (non-hydrogen) atoms. The molecule has 0 aliphatic heterocycles. The van der Waals surface area contributed by atoms with Gasteiger partial charge >= 0.3 is 0 Å². The summed E-state index contributed by atoms with van der Waals surface area (Å²) in [6, 6.07) is 7.37. The second-order valence-electron chi connectivity index (χ2n) is 4.71. The molecule has 0 fully saturated rings. The Hall–Kier alpha value is -2.13. The van der Waals surface area contributed by atoms with Gasteiger partial charge in [0.05, 0.1) is 17.7 Å². The van der Waals surface area contributed by atoms with Gasteiger partial charge in [0.1, 0.15) is 11.5 Å². The van der Waals surface area contributed by atoms with Gasteiger partial charge in [-0.05, 0) is 30.5 Å². The number of furan rings is 1. The second kappa shape index (κ2) is 5.58. The van der Waals surface area contributed by atoms with Gasteiger partial charge in [0.25, 0.3) is 10.0 Å². The topological polar surface area (TPSA) is 90.0 Å². The van der Waals surface area contributed by atoms with Crippen molar-refractivity contribution in [2.45, 2.75) is 13.5 Å². The third kappa shape index (κ3) is 3.04. The maximum atomic E-state index is 11.9. The molecule has 0 unspecified atom stereocenters. The zero-order valence-corrected chi connectivity index (χ0v) is 13.6. The molecule has 0 aliphatic carbocycles. The Labute approximate surface area is 131 Å². The molecule has 0 bridgehead atoms. The number of thiophene rings is 1. The molecule has 0 radical (unpaired) electrons. The highest BCUT2D eigenvalue weighted by atomic mass is 32.2. The standard InChI is InChI=1S/C13H14N4O3S2/c1-9-5-6-10(20-9)8-14-13-15-12(11-4-3-7-21-11)16-17(13)22(2,18)19/h3-7H,8H2,1-2H3,(H,14,15,16). The van der Waals surface area contributed by atoms with Crippen molar-refractivity contribution in [3.63, 3.8) is 0 Å². The van der Waals surface area contributed by atoms with Crippen LogP contribution in [0, 0.1) is 6.92 Å². The van der Waals surface area contributed by atoms with Crippen LogP contribution in [0.3, 0.4) is 0 Å². The lowest BCUT2D eigenvalue weighted by atomic mass is 10.4. The third-order valence-corrected chi connectivity index (χ3v) is 4.60. The maximum absolute atomic E-state index is 11.9. The van der Waals surface area contributed by atoms with Crippen molar-refractivity contribution in [3.05, 3.63) is 41.2 Å². The smallest absolute Gasteiger partial charge is 0.254 e. The number of anilines is 1. The van der Waals surface area contributed by atoms with Crippen LogP contribution in [-0.4, -0.2) is 28.8 Å². The van der Waals surface area contributed by atoms with Crippen molar-refractivity contribution in [1.29, 1.82) is 0 Å². The first kappa shape index (κ1) is 14.8. The number of aromatic nitrogens is 3. The molecule has 3 aromatic rings. The second-order valence-corrected chi connectivity index (χ2v) is 7.47. The highest BCUT2D eigenvalue weighted by Gasteiger charge is 2.19. The Morgan fingerprint density at radius 2 is 2.18 bits per heavy atom. The van der Waals surface area contributed by atoms with Crippen molar-refractivity contribution in [1.82, 2.24) is 14.2 Å². The van der Waals surface area contributed by atoms with Crippen LogP contribution in [0.25, 0.3) is 10.7 Å². The van der Waals surface area contributed by atoms with E-state index in [1.165, 1.54) is 11.3 Å². The fraction of sp³-hybridized carbons (Fsp3) is 0.231. The van der Waals surface area contributed by atoms with Gasteiger partial charge < -0.3 is 9.73 Å². The summed E-state index contributed by atoms with van der Waals surface area (Å²) in [6.07, 6.45) is 1.09. The Balaban J connectivity index is 1.91. The number of aryl methyl sites for hydroxylation is 1. The Morgan fingerprint density at radius 3 is 2.77 bits per heavy atom. The normalized spacial score (nSPS) is 11.7. The van der Waals surface area contributed by atoms with E-state index in [1.54, 1.807) is 0 Å². The molecular formula is C13H14N4O3S2. The summed E-state index contributed by atoms with van der Waals surface area (Å²) < 4.78 is 30.0. The molecule has 0 atom stereocenters. The predicted molar refractivity (Wildman–Crippen MR) is 84.3 cm³/mol. The first-order valence-electron chi connectivity index (χ1n) is 6.44. The minimum atomic E-state index is -3.55. The summed E-state index contributed by atoms with van der Waals surface area (Å²) in [5, 5.41) is 8.91. The average Bonchev–Trinajstić information content (AvgIpc) is 3.15. The van der Waals surface area contributed by atoms with Crippen LogP contribution in [0.15, 0.2) is 34.1 Å². The van der Waals surface area contributed by atoms with Gasteiger partial charge in [-0.2, -0.15) is 4.98 Å². The summed E-state index contributed by atoms with van der Waals surface area (Å²) in [4.78, 5) is 5.08. The number of hydrogen-bond acceptors (Lipinski definition) is 7. The molecule has 0 aliphatic rings. The van der Waals surface area contributed by atoms with Gasteiger partial charge in [-0.15, -0.1) is 20.5 Å². The summed E-state index contributed by atoms with van der Waals surface area (Å²) in [6.45, 7) is 2.17. The molecule has 9 heteroatoms. The van der Waals surface area contributed by atoms with E-state index in [0.29, 0.717) is 18.1 Å². The summed E-state index contributed by atoms with van der Waals surface area (Å²) in [5.41, 5.74) is 0. The number of hydrogen-bond donors (Lipinski definition) is 1. The summed E-state index contributed by atoms with van der Waals surface area (Å²) in [7, 11) is -3.55. The Bertz CT molecular complexity index is 878. The van der Waals surface area contributed by atoms with Crippen molar-refractivity contribution in [3.8, 4) is 10.7 Å². The van der Waals surface area contributed by atoms with E-state index in [4.69, 9.17) is 4.42 Å². The van der Waals surface area contributed by atoms with E-state index in [0.717, 1.165) is 21.0 Å². The lowest BCUT2D eigenvalue weighted by Crippen LogP contribution is -2.16. The molecule has 0 aromatic carbocycles. The molecule has 116 valence electrons. The van der Waals surface area contributed by atoms with Crippen LogP contribution in [0.5, 0.6) is 0 Å². The fourth-order valence-corrected chi connectivity index (χ4v) is 3.19. The van der Waals surface area contributed by atoms with Crippen molar-refractivity contribution in [2.75, 3.05) is 11.6 Å². The van der Waals surface area contributed by atoms with Crippen LogP contribution in [0.2, 0.25) is 0 Å². The molecule has 7 nitrogen and oxygen atoms in total. The largest absolute Gasteiger partial charge is 0.465 e. The zero-order valence-electron chi connectivity index (χ0n) is 12.0. The minimum Gasteiger partial charge on any atom is -0.465 e. The fourth-order valence-electron chi connectivity index (χ4n) is 1.89. The molecule has 1 N–H and O–H groups in total. The van der Waals surface area contributed by atoms with Crippen molar-refractivity contribution >= 4 is 27.3 Å². The SMILES string of the molecule is Cc1ccc(CNc2nc(-c3cccs3)nn2S(C)(=O)=O)o1. The Morgan fingerprint density at radius 1 is 1.36 bits per heavy atom. The van der Waals surface area contributed by atoms with Crippen LogP contribution >= 0.6 is 11.3 Å². The van der Waals surface area contributed by atoms with Crippen LogP contribution in [-0.2, 0) is 16.6 Å². The van der Waals surface area contributed by atoms with Crippen LogP contribution in [0.4, 0.5) is 5.95 Å². The molecular weight excluding hydrogens is 324 g/mol. The predicted octanol–water partition coefficient (Wildman–Crippen LogP) is 2.33. The molecule has 3 heterocycles. The first-order chi connectivity index (χ1) is 10.4. The van der Waals surface area contributed by atoms with Gasteiger partial charge in [-0.3, -0.25) is 0 Å². The van der Waals surface area contributed by atoms with Crippen molar-refractivity contribution in [2.24, 2.45) is 0 Å². The van der Waals surface area contributed by atoms with Gasteiger partial charge in [0.15, 0.2) is 5.82 Å². The molecule has 0 spiro atoms. The first-order valence-corrected chi connectivity index (χ1v) is 9.17. The van der Waals surface area contributed by atoms with Gasteiger partial charge in [-0.25, -0.2) is 8.42 Å². The average molecular weight is 338 g/mol. The molecule has 0 saturated heterocycles. The number of nitrogens with zero attached hydrogens (tertiary/aromatic N) is 3. The molecule has 0 amide bonds. The lowest BCUT2D eigenvalue weighted by Gasteiger charge is -2.04. The highest BCUT2D eigenvalue weighted by Crippen LogP contribution is 2.23. The summed E-state index contributed by atoms with van der Waals surface area (Å²) in [5.74, 6) is 2.03. The lowest BCUT2D eigenvalue weighted by molar-refractivity contribution is 0.490. The zero-order chi connectivity index (χ0) is 15.7.